The number of rotatable bonds is 8. The predicted molar refractivity (Wildman–Crippen MR) is 125 cm³/mol. The largest absolute Gasteiger partial charge is 0.493 e. The van der Waals surface area contributed by atoms with Crippen LogP contribution in [0.5, 0.6) is 11.5 Å². The van der Waals surface area contributed by atoms with Gasteiger partial charge in [-0.15, -0.1) is 0 Å². The van der Waals surface area contributed by atoms with Crippen molar-refractivity contribution in [2.24, 2.45) is 0 Å². The summed E-state index contributed by atoms with van der Waals surface area (Å²) in [5.41, 5.74) is 1.96. The number of methoxy groups -OCH3 is 2. The number of benzene rings is 2. The molecule has 3 rings (SSSR count). The Morgan fingerprint density at radius 3 is 2.58 bits per heavy atom. The van der Waals surface area contributed by atoms with Crippen molar-refractivity contribution in [1.29, 1.82) is 0 Å². The van der Waals surface area contributed by atoms with Crippen molar-refractivity contribution in [3.63, 3.8) is 0 Å². The van der Waals surface area contributed by atoms with E-state index in [2.05, 4.69) is 12.1 Å². The lowest BCUT2D eigenvalue weighted by atomic mass is 10.1. The molecule has 2 aromatic rings. The summed E-state index contributed by atoms with van der Waals surface area (Å²) >= 11 is 6.44. The normalized spacial score (nSPS) is 15.8. The van der Waals surface area contributed by atoms with Crippen LogP contribution in [-0.2, 0) is 20.7 Å². The number of nitrogens with zero attached hydrogens (tertiary/aromatic N) is 1. The maximum Gasteiger partial charge on any atom is 0.328 e. The van der Waals surface area contributed by atoms with Gasteiger partial charge >= 0.3 is 5.97 Å². The SMILES string of the molecule is COC(=O)C(C)N1C(=O)/C(=C/c2ccc(OCCc3ccccc3)c(OC)c2)SC1=S. The fourth-order valence-corrected chi connectivity index (χ4v) is 4.48. The highest BCUT2D eigenvalue weighted by Gasteiger charge is 2.38. The van der Waals surface area contributed by atoms with E-state index in [9.17, 15) is 9.59 Å². The first-order valence-electron chi connectivity index (χ1n) is 9.64. The van der Waals surface area contributed by atoms with Crippen molar-refractivity contribution >= 4 is 46.3 Å². The van der Waals surface area contributed by atoms with Crippen LogP contribution in [-0.4, -0.2) is 48.0 Å². The molecule has 6 nitrogen and oxygen atoms in total. The molecule has 1 amide bonds. The van der Waals surface area contributed by atoms with Crippen LogP contribution in [0.3, 0.4) is 0 Å². The highest BCUT2D eigenvalue weighted by atomic mass is 32.2. The molecule has 2 aromatic carbocycles. The van der Waals surface area contributed by atoms with E-state index in [0.717, 1.165) is 23.7 Å². The van der Waals surface area contributed by atoms with Crippen LogP contribution in [0.15, 0.2) is 53.4 Å². The zero-order chi connectivity index (χ0) is 22.4. The number of thioether (sulfide) groups is 1. The summed E-state index contributed by atoms with van der Waals surface area (Å²) in [6, 6.07) is 14.8. The molecular weight excluding hydrogens is 434 g/mol. The molecule has 1 aliphatic rings. The molecule has 8 heteroatoms. The molecule has 162 valence electrons. The Balaban J connectivity index is 1.72. The number of hydrogen-bond donors (Lipinski definition) is 0. The summed E-state index contributed by atoms with van der Waals surface area (Å²) in [6.45, 7) is 2.11. The molecule has 1 atom stereocenters. The molecule has 1 aliphatic heterocycles. The van der Waals surface area contributed by atoms with Gasteiger partial charge in [-0.3, -0.25) is 9.69 Å². The van der Waals surface area contributed by atoms with Gasteiger partial charge in [-0.25, -0.2) is 4.79 Å². The summed E-state index contributed by atoms with van der Waals surface area (Å²) in [4.78, 5) is 26.3. The van der Waals surface area contributed by atoms with Crippen LogP contribution >= 0.6 is 24.0 Å². The molecule has 1 saturated heterocycles. The Labute approximate surface area is 191 Å². The van der Waals surface area contributed by atoms with Crippen molar-refractivity contribution < 1.29 is 23.8 Å². The molecule has 0 bridgehead atoms. The second-order valence-corrected chi connectivity index (χ2v) is 8.42. The standard InChI is InChI=1S/C23H23NO5S2/c1-15(22(26)28-3)24-21(25)20(31-23(24)30)14-17-9-10-18(19(13-17)27-2)29-12-11-16-7-5-4-6-8-16/h4-10,13-15H,11-12H2,1-3H3/b20-14-. The Bertz CT molecular complexity index is 1010. The number of carbonyl (C=O) groups is 2. The molecule has 31 heavy (non-hydrogen) atoms. The third kappa shape index (κ3) is 5.45. The zero-order valence-electron chi connectivity index (χ0n) is 17.5. The minimum Gasteiger partial charge on any atom is -0.493 e. The summed E-state index contributed by atoms with van der Waals surface area (Å²) < 4.78 is 16.4. The summed E-state index contributed by atoms with van der Waals surface area (Å²) in [7, 11) is 2.85. The first-order chi connectivity index (χ1) is 14.9. The van der Waals surface area contributed by atoms with Crippen LogP contribution in [0, 0.1) is 0 Å². The van der Waals surface area contributed by atoms with E-state index >= 15 is 0 Å². The van der Waals surface area contributed by atoms with E-state index in [1.807, 2.05) is 30.3 Å². The van der Waals surface area contributed by atoms with Crippen LogP contribution in [0.1, 0.15) is 18.1 Å². The first-order valence-corrected chi connectivity index (χ1v) is 10.9. The fraction of sp³-hybridized carbons (Fsp3) is 0.261. The van der Waals surface area contributed by atoms with Gasteiger partial charge in [0, 0.05) is 6.42 Å². The molecule has 0 aromatic heterocycles. The van der Waals surface area contributed by atoms with Gasteiger partial charge in [-0.2, -0.15) is 0 Å². The van der Waals surface area contributed by atoms with Crippen molar-refractivity contribution in [3.8, 4) is 11.5 Å². The lowest BCUT2D eigenvalue weighted by Gasteiger charge is -2.20. The smallest absolute Gasteiger partial charge is 0.328 e. The van der Waals surface area contributed by atoms with Crippen molar-refractivity contribution in [2.75, 3.05) is 20.8 Å². The Kier molecular flexibility index (Phi) is 7.70. The third-order valence-electron chi connectivity index (χ3n) is 4.73. The average Bonchev–Trinajstić information content (AvgIpc) is 3.06. The van der Waals surface area contributed by atoms with Gasteiger partial charge in [0.2, 0.25) is 0 Å². The van der Waals surface area contributed by atoms with Gasteiger partial charge in [-0.05, 0) is 36.3 Å². The topological polar surface area (TPSA) is 65.1 Å². The maximum atomic E-state index is 12.8. The monoisotopic (exact) mass is 457 g/mol. The minimum absolute atomic E-state index is 0.321. The second kappa shape index (κ2) is 10.5. The van der Waals surface area contributed by atoms with Crippen molar-refractivity contribution in [1.82, 2.24) is 4.90 Å². The molecule has 1 unspecified atom stereocenters. The van der Waals surface area contributed by atoms with E-state index in [4.69, 9.17) is 26.4 Å². The summed E-state index contributed by atoms with van der Waals surface area (Å²) in [5.74, 6) is 0.356. The van der Waals surface area contributed by atoms with E-state index in [0.29, 0.717) is 27.3 Å². The second-order valence-electron chi connectivity index (χ2n) is 6.75. The lowest BCUT2D eigenvalue weighted by molar-refractivity contribution is -0.147. The van der Waals surface area contributed by atoms with Crippen LogP contribution < -0.4 is 9.47 Å². The average molecular weight is 458 g/mol. The van der Waals surface area contributed by atoms with Crippen LogP contribution in [0.2, 0.25) is 0 Å². The predicted octanol–water partition coefficient (Wildman–Crippen LogP) is 4.08. The minimum atomic E-state index is -0.779. The van der Waals surface area contributed by atoms with Gasteiger partial charge in [-0.1, -0.05) is 60.4 Å². The first kappa shape index (κ1) is 22.8. The Morgan fingerprint density at radius 1 is 1.16 bits per heavy atom. The quantitative estimate of drug-likeness (QED) is 0.336. The van der Waals surface area contributed by atoms with E-state index in [1.165, 1.54) is 17.6 Å². The Morgan fingerprint density at radius 2 is 1.90 bits per heavy atom. The maximum absolute atomic E-state index is 12.8. The molecule has 1 fully saturated rings. The number of thiocarbonyl (C=S) groups is 1. The van der Waals surface area contributed by atoms with E-state index in [1.54, 1.807) is 26.2 Å². The molecule has 1 heterocycles. The van der Waals surface area contributed by atoms with Gasteiger partial charge in [0.1, 0.15) is 10.4 Å². The third-order valence-corrected chi connectivity index (χ3v) is 6.06. The van der Waals surface area contributed by atoms with Gasteiger partial charge in [0.15, 0.2) is 11.5 Å². The van der Waals surface area contributed by atoms with Crippen molar-refractivity contribution in [2.45, 2.75) is 19.4 Å². The summed E-state index contributed by atoms with van der Waals surface area (Å²) in [6.07, 6.45) is 2.51. The van der Waals surface area contributed by atoms with E-state index < -0.39 is 12.0 Å². The van der Waals surface area contributed by atoms with Gasteiger partial charge in [0.05, 0.1) is 25.7 Å². The molecule has 0 saturated carbocycles. The van der Waals surface area contributed by atoms with Crippen molar-refractivity contribution in [3.05, 3.63) is 64.6 Å². The summed E-state index contributed by atoms with van der Waals surface area (Å²) in [5, 5.41) is 0. The van der Waals surface area contributed by atoms with Crippen LogP contribution in [0.4, 0.5) is 0 Å². The number of esters is 1. The fourth-order valence-electron chi connectivity index (χ4n) is 3.06. The number of hydrogen-bond acceptors (Lipinski definition) is 7. The zero-order valence-corrected chi connectivity index (χ0v) is 19.1. The molecule has 0 spiro atoms. The number of carbonyl (C=O) groups excluding carboxylic acids is 2. The highest BCUT2D eigenvalue weighted by molar-refractivity contribution is 8.26. The number of amides is 1. The Hall–Kier alpha value is -2.84. The van der Waals surface area contributed by atoms with E-state index in [-0.39, 0.29) is 5.91 Å². The lowest BCUT2D eigenvalue weighted by Crippen LogP contribution is -2.42. The van der Waals surface area contributed by atoms with Gasteiger partial charge < -0.3 is 14.2 Å². The molecule has 0 radical (unpaired) electrons. The van der Waals surface area contributed by atoms with Gasteiger partial charge in [0.25, 0.3) is 5.91 Å². The molecule has 0 N–H and O–H groups in total. The molecule has 0 aliphatic carbocycles. The van der Waals surface area contributed by atoms with Crippen LogP contribution in [0.25, 0.3) is 6.08 Å². The highest BCUT2D eigenvalue weighted by Crippen LogP contribution is 2.36. The number of ether oxygens (including phenoxy) is 3. The molecular formula is C23H23NO5S2.